The molecular formula is C9H14N2O2. The summed E-state index contributed by atoms with van der Waals surface area (Å²) in [6.07, 6.45) is 2.13. The molecule has 0 saturated heterocycles. The summed E-state index contributed by atoms with van der Waals surface area (Å²) >= 11 is 0. The number of pyridine rings is 1. The summed E-state index contributed by atoms with van der Waals surface area (Å²) in [5, 5.41) is 0. The highest BCUT2D eigenvalue weighted by molar-refractivity contribution is 5.71. The van der Waals surface area contributed by atoms with Crippen molar-refractivity contribution < 1.29 is 9.53 Å². The summed E-state index contributed by atoms with van der Waals surface area (Å²) < 4.78 is 4.54. The lowest BCUT2D eigenvalue weighted by atomic mass is 10.3. The maximum absolute atomic E-state index is 10.0. The number of carbonyl (C=O) groups is 1. The molecule has 4 nitrogen and oxygen atoms in total. The maximum atomic E-state index is 10.0. The molecule has 0 aliphatic heterocycles. The van der Waals surface area contributed by atoms with E-state index in [1.807, 2.05) is 6.92 Å². The summed E-state index contributed by atoms with van der Waals surface area (Å²) in [7, 11) is 1.68. The minimum absolute atomic E-state index is 0.407. The lowest BCUT2D eigenvalue weighted by Crippen LogP contribution is -1.88. The van der Waals surface area contributed by atoms with Crippen molar-refractivity contribution in [2.75, 3.05) is 19.5 Å². The van der Waals surface area contributed by atoms with Gasteiger partial charge in [0.1, 0.15) is 5.69 Å². The van der Waals surface area contributed by atoms with Gasteiger partial charge in [-0.15, -0.1) is 0 Å². The molecule has 1 aromatic heterocycles. The van der Waals surface area contributed by atoms with Crippen molar-refractivity contribution in [3.63, 3.8) is 0 Å². The van der Waals surface area contributed by atoms with Crippen LogP contribution in [0.5, 0.6) is 0 Å². The second-order valence-electron chi connectivity index (χ2n) is 2.21. The molecular weight excluding hydrogens is 168 g/mol. The van der Waals surface area contributed by atoms with E-state index in [-0.39, 0.29) is 0 Å². The molecule has 0 unspecified atom stereocenters. The predicted molar refractivity (Wildman–Crippen MR) is 51.6 cm³/mol. The van der Waals surface area contributed by atoms with Crippen LogP contribution >= 0.6 is 0 Å². The molecule has 0 bridgehead atoms. The number of anilines is 1. The number of carbonyl (C=O) groups excluding carboxylic acids is 1. The number of nitrogens with zero attached hydrogens (tertiary/aromatic N) is 1. The molecule has 0 aliphatic rings. The molecule has 1 heterocycles. The Balaban J connectivity index is 0.000000310. The summed E-state index contributed by atoms with van der Waals surface area (Å²) in [6.45, 7) is 2.78. The molecule has 0 spiro atoms. The Kier molecular flexibility index (Phi) is 6.45. The first-order valence-corrected chi connectivity index (χ1v) is 3.90. The lowest BCUT2D eigenvalue weighted by Gasteiger charge is -1.88. The van der Waals surface area contributed by atoms with E-state index < -0.39 is 0 Å². The Bertz CT molecular complexity index is 232. The van der Waals surface area contributed by atoms with Crippen LogP contribution in [0.3, 0.4) is 0 Å². The van der Waals surface area contributed by atoms with E-state index in [0.717, 1.165) is 6.61 Å². The van der Waals surface area contributed by atoms with Gasteiger partial charge in [-0.1, -0.05) is 0 Å². The van der Waals surface area contributed by atoms with E-state index in [2.05, 4.69) is 9.72 Å². The van der Waals surface area contributed by atoms with Crippen LogP contribution in [0.1, 0.15) is 17.4 Å². The topological polar surface area (TPSA) is 65.2 Å². The first kappa shape index (κ1) is 11.6. The van der Waals surface area contributed by atoms with Crippen LogP contribution in [0.2, 0.25) is 0 Å². The van der Waals surface area contributed by atoms with Crippen LogP contribution in [-0.2, 0) is 4.74 Å². The van der Waals surface area contributed by atoms with Gasteiger partial charge in [0.05, 0.1) is 11.9 Å². The van der Waals surface area contributed by atoms with Crippen LogP contribution in [0.15, 0.2) is 18.3 Å². The standard InChI is InChI=1S/C6H6N2O.C3H8O/c7-5-1-2-6(4-9)8-3-5;1-3-4-2/h1-4H,7H2;3H2,1-2H3. The van der Waals surface area contributed by atoms with Gasteiger partial charge in [-0.3, -0.25) is 9.78 Å². The van der Waals surface area contributed by atoms with Crippen molar-refractivity contribution in [1.29, 1.82) is 0 Å². The van der Waals surface area contributed by atoms with Gasteiger partial charge in [-0.2, -0.15) is 0 Å². The smallest absolute Gasteiger partial charge is 0.168 e. The quantitative estimate of drug-likeness (QED) is 0.696. The molecule has 0 aliphatic carbocycles. The number of hydrogen-bond donors (Lipinski definition) is 1. The number of rotatable bonds is 2. The Labute approximate surface area is 77.7 Å². The highest BCUT2D eigenvalue weighted by Gasteiger charge is 1.87. The molecule has 0 atom stereocenters. The SMILES string of the molecule is CCOC.Nc1ccc(C=O)nc1. The third-order valence-electron chi connectivity index (χ3n) is 1.22. The van der Waals surface area contributed by atoms with Gasteiger partial charge < -0.3 is 10.5 Å². The number of aldehydes is 1. The predicted octanol–water partition coefficient (Wildman–Crippen LogP) is 1.13. The van der Waals surface area contributed by atoms with Gasteiger partial charge in [0.2, 0.25) is 0 Å². The fraction of sp³-hybridized carbons (Fsp3) is 0.333. The van der Waals surface area contributed by atoms with Gasteiger partial charge in [-0.25, -0.2) is 0 Å². The summed E-state index contributed by atoms with van der Waals surface area (Å²) in [4.78, 5) is 13.7. The van der Waals surface area contributed by atoms with Crippen molar-refractivity contribution >= 4 is 12.0 Å². The summed E-state index contributed by atoms with van der Waals surface area (Å²) in [5.74, 6) is 0. The van der Waals surface area contributed by atoms with Crippen molar-refractivity contribution in [3.05, 3.63) is 24.0 Å². The van der Waals surface area contributed by atoms with Crippen LogP contribution in [0, 0.1) is 0 Å². The summed E-state index contributed by atoms with van der Waals surface area (Å²) in [5.41, 5.74) is 6.28. The summed E-state index contributed by atoms with van der Waals surface area (Å²) in [6, 6.07) is 3.21. The van der Waals surface area contributed by atoms with E-state index >= 15 is 0 Å². The van der Waals surface area contributed by atoms with Crippen LogP contribution in [0.25, 0.3) is 0 Å². The Morgan fingerprint density at radius 1 is 1.62 bits per heavy atom. The zero-order chi connectivity index (χ0) is 10.1. The van der Waals surface area contributed by atoms with Crippen molar-refractivity contribution in [2.45, 2.75) is 6.92 Å². The minimum atomic E-state index is 0.407. The largest absolute Gasteiger partial charge is 0.397 e. The maximum Gasteiger partial charge on any atom is 0.168 e. The Morgan fingerprint density at radius 3 is 2.54 bits per heavy atom. The van der Waals surface area contributed by atoms with E-state index in [0.29, 0.717) is 17.7 Å². The molecule has 1 aromatic rings. The van der Waals surface area contributed by atoms with Gasteiger partial charge in [0.25, 0.3) is 0 Å². The van der Waals surface area contributed by atoms with Gasteiger partial charge in [0.15, 0.2) is 6.29 Å². The number of hydrogen-bond acceptors (Lipinski definition) is 4. The first-order valence-electron chi connectivity index (χ1n) is 3.90. The molecule has 0 fully saturated rings. The zero-order valence-electron chi connectivity index (χ0n) is 7.86. The number of methoxy groups -OCH3 is 1. The zero-order valence-corrected chi connectivity index (χ0v) is 7.86. The Morgan fingerprint density at radius 2 is 2.23 bits per heavy atom. The second-order valence-corrected chi connectivity index (χ2v) is 2.21. The molecule has 13 heavy (non-hydrogen) atoms. The van der Waals surface area contributed by atoms with Gasteiger partial charge in [-0.05, 0) is 19.1 Å². The second kappa shape index (κ2) is 7.24. The molecule has 0 amide bonds. The molecule has 72 valence electrons. The average molecular weight is 182 g/mol. The van der Waals surface area contributed by atoms with Crippen molar-refractivity contribution in [1.82, 2.24) is 4.98 Å². The van der Waals surface area contributed by atoms with Gasteiger partial charge in [0, 0.05) is 13.7 Å². The molecule has 4 heteroatoms. The van der Waals surface area contributed by atoms with Crippen molar-refractivity contribution in [2.24, 2.45) is 0 Å². The number of nitrogen functional groups attached to an aromatic ring is 1. The lowest BCUT2D eigenvalue weighted by molar-refractivity contribution is 0.111. The third kappa shape index (κ3) is 5.81. The third-order valence-corrected chi connectivity index (χ3v) is 1.22. The molecule has 0 radical (unpaired) electrons. The van der Waals surface area contributed by atoms with Crippen LogP contribution < -0.4 is 5.73 Å². The molecule has 0 saturated carbocycles. The van der Waals surface area contributed by atoms with Crippen LogP contribution in [-0.4, -0.2) is 25.0 Å². The van der Waals surface area contributed by atoms with Crippen molar-refractivity contribution in [3.8, 4) is 0 Å². The Hall–Kier alpha value is -1.42. The minimum Gasteiger partial charge on any atom is -0.397 e. The normalized spacial score (nSPS) is 8.46. The molecule has 2 N–H and O–H groups in total. The van der Waals surface area contributed by atoms with Gasteiger partial charge >= 0.3 is 0 Å². The average Bonchev–Trinajstić information content (AvgIpc) is 2.19. The fourth-order valence-electron chi connectivity index (χ4n) is 0.486. The van der Waals surface area contributed by atoms with E-state index in [4.69, 9.17) is 5.73 Å². The molecule has 1 rings (SSSR count). The fourth-order valence-corrected chi connectivity index (χ4v) is 0.486. The highest BCUT2D eigenvalue weighted by atomic mass is 16.5. The van der Waals surface area contributed by atoms with Crippen LogP contribution in [0.4, 0.5) is 5.69 Å². The molecule has 0 aromatic carbocycles. The van der Waals surface area contributed by atoms with E-state index in [9.17, 15) is 4.79 Å². The van der Waals surface area contributed by atoms with E-state index in [1.165, 1.54) is 6.20 Å². The number of ether oxygens (including phenoxy) is 1. The highest BCUT2D eigenvalue weighted by Crippen LogP contribution is 1.97. The van der Waals surface area contributed by atoms with E-state index in [1.54, 1.807) is 19.2 Å². The monoisotopic (exact) mass is 182 g/mol. The number of aromatic nitrogens is 1. The number of nitrogens with two attached hydrogens (primary N) is 1. The first-order chi connectivity index (χ1) is 6.24.